The first kappa shape index (κ1) is 14.4. The van der Waals surface area contributed by atoms with Gasteiger partial charge in [0.15, 0.2) is 0 Å². The molecule has 0 amide bonds. The molecule has 102 valence electrons. The van der Waals surface area contributed by atoms with Gasteiger partial charge in [-0.15, -0.1) is 6.42 Å². The van der Waals surface area contributed by atoms with Gasteiger partial charge in [0.25, 0.3) is 0 Å². The monoisotopic (exact) mass is 320 g/mol. The molecule has 2 nitrogen and oxygen atoms in total. The first-order valence-electron chi connectivity index (χ1n) is 6.79. The average Bonchev–Trinajstić information content (AvgIpc) is 2.38. The number of aryl methyl sites for hydroxylation is 2. The topological polar surface area (TPSA) is 15.3 Å². The molecule has 1 aromatic carbocycles. The van der Waals surface area contributed by atoms with Gasteiger partial charge in [-0.05, 0) is 49.9 Å². The number of piperidine rings is 1. The minimum atomic E-state index is 0.564. The highest BCUT2D eigenvalue weighted by atomic mass is 79.9. The predicted octanol–water partition coefficient (Wildman–Crippen LogP) is 3.58. The van der Waals surface area contributed by atoms with Gasteiger partial charge in [-0.1, -0.05) is 21.9 Å². The van der Waals surface area contributed by atoms with Crippen LogP contribution in [0.25, 0.3) is 0 Å². The van der Waals surface area contributed by atoms with Crippen molar-refractivity contribution in [3.63, 3.8) is 0 Å². The third-order valence-corrected chi connectivity index (χ3v) is 4.96. The van der Waals surface area contributed by atoms with Crippen LogP contribution in [0.4, 0.5) is 5.69 Å². The average molecular weight is 321 g/mol. The van der Waals surface area contributed by atoms with Crippen LogP contribution in [0, 0.1) is 26.2 Å². The molecule has 0 unspecified atom stereocenters. The number of likely N-dealkylation sites (tertiary alicyclic amines) is 1. The summed E-state index contributed by atoms with van der Waals surface area (Å²) in [5.41, 5.74) is 3.80. The van der Waals surface area contributed by atoms with Crippen LogP contribution in [-0.2, 0) is 0 Å². The van der Waals surface area contributed by atoms with Crippen LogP contribution >= 0.6 is 15.9 Å². The lowest BCUT2D eigenvalue weighted by Gasteiger charge is -2.31. The van der Waals surface area contributed by atoms with Gasteiger partial charge in [0.2, 0.25) is 0 Å². The number of rotatable bonds is 3. The van der Waals surface area contributed by atoms with Crippen molar-refractivity contribution in [3.8, 4) is 12.3 Å². The number of anilines is 1. The Morgan fingerprint density at radius 3 is 2.42 bits per heavy atom. The molecule has 0 bridgehead atoms. The fraction of sp³-hybridized carbons (Fsp3) is 0.500. The van der Waals surface area contributed by atoms with E-state index < -0.39 is 0 Å². The molecule has 0 radical (unpaired) electrons. The highest BCUT2D eigenvalue weighted by Gasteiger charge is 2.18. The number of terminal acetylenes is 1. The molecular formula is C16H21BrN2. The van der Waals surface area contributed by atoms with Crippen LogP contribution in [0.3, 0.4) is 0 Å². The Morgan fingerprint density at radius 1 is 1.32 bits per heavy atom. The van der Waals surface area contributed by atoms with Crippen LogP contribution in [0.5, 0.6) is 0 Å². The maximum atomic E-state index is 5.35. The van der Waals surface area contributed by atoms with Gasteiger partial charge in [-0.25, -0.2) is 0 Å². The van der Waals surface area contributed by atoms with Crippen molar-refractivity contribution < 1.29 is 0 Å². The van der Waals surface area contributed by atoms with Crippen molar-refractivity contribution in [3.05, 3.63) is 27.7 Å². The lowest BCUT2D eigenvalue weighted by Crippen LogP contribution is -2.39. The van der Waals surface area contributed by atoms with Crippen molar-refractivity contribution in [2.45, 2.75) is 32.7 Å². The van der Waals surface area contributed by atoms with E-state index in [9.17, 15) is 0 Å². The van der Waals surface area contributed by atoms with Crippen molar-refractivity contribution in [1.29, 1.82) is 0 Å². The first-order chi connectivity index (χ1) is 9.10. The molecule has 1 saturated heterocycles. The molecule has 0 atom stereocenters. The SMILES string of the molecule is C#CCN1CCC(Nc2cc(C)c(Br)c(C)c2)CC1. The zero-order chi connectivity index (χ0) is 13.8. The molecule has 1 N–H and O–H groups in total. The van der Waals surface area contributed by atoms with Crippen molar-refractivity contribution in [2.24, 2.45) is 0 Å². The maximum absolute atomic E-state index is 5.35. The Hall–Kier alpha value is -0.980. The highest BCUT2D eigenvalue weighted by molar-refractivity contribution is 9.10. The Balaban J connectivity index is 1.94. The Labute approximate surface area is 124 Å². The molecule has 1 heterocycles. The van der Waals surface area contributed by atoms with E-state index in [-0.39, 0.29) is 0 Å². The van der Waals surface area contributed by atoms with Crippen molar-refractivity contribution >= 4 is 21.6 Å². The van der Waals surface area contributed by atoms with E-state index in [0.29, 0.717) is 6.04 Å². The zero-order valence-corrected chi connectivity index (χ0v) is 13.3. The summed E-state index contributed by atoms with van der Waals surface area (Å²) in [7, 11) is 0. The summed E-state index contributed by atoms with van der Waals surface area (Å²) < 4.78 is 1.21. The second-order valence-corrected chi connectivity index (χ2v) is 6.12. The minimum absolute atomic E-state index is 0.564. The summed E-state index contributed by atoms with van der Waals surface area (Å²) in [5.74, 6) is 2.72. The highest BCUT2D eigenvalue weighted by Crippen LogP contribution is 2.26. The van der Waals surface area contributed by atoms with Crippen LogP contribution in [-0.4, -0.2) is 30.6 Å². The van der Waals surface area contributed by atoms with Crippen molar-refractivity contribution in [2.75, 3.05) is 25.0 Å². The van der Waals surface area contributed by atoms with Gasteiger partial charge < -0.3 is 5.32 Å². The van der Waals surface area contributed by atoms with Gasteiger partial charge >= 0.3 is 0 Å². The van der Waals surface area contributed by atoms with E-state index in [1.165, 1.54) is 21.3 Å². The molecular weight excluding hydrogens is 300 g/mol. The molecule has 0 spiro atoms. The molecule has 0 aromatic heterocycles. The Kier molecular flexibility index (Phi) is 4.90. The van der Waals surface area contributed by atoms with Gasteiger partial charge in [0, 0.05) is 29.3 Å². The maximum Gasteiger partial charge on any atom is 0.0598 e. The Morgan fingerprint density at radius 2 is 1.89 bits per heavy atom. The summed E-state index contributed by atoms with van der Waals surface area (Å²) >= 11 is 3.61. The molecule has 1 aliphatic rings. The number of hydrogen-bond acceptors (Lipinski definition) is 2. The molecule has 1 aromatic rings. The number of nitrogens with zero attached hydrogens (tertiary/aromatic N) is 1. The summed E-state index contributed by atoms with van der Waals surface area (Å²) in [6, 6.07) is 4.99. The normalized spacial score (nSPS) is 17.2. The van der Waals surface area contributed by atoms with E-state index in [0.717, 1.165) is 32.5 Å². The molecule has 0 saturated carbocycles. The van der Waals surface area contributed by atoms with Crippen LogP contribution in [0.1, 0.15) is 24.0 Å². The van der Waals surface area contributed by atoms with Gasteiger partial charge in [0.05, 0.1) is 6.54 Å². The summed E-state index contributed by atoms with van der Waals surface area (Å²) in [6.45, 7) is 7.24. The summed E-state index contributed by atoms with van der Waals surface area (Å²) in [4.78, 5) is 2.34. The molecule has 2 rings (SSSR count). The third-order valence-electron chi connectivity index (χ3n) is 3.71. The van der Waals surface area contributed by atoms with E-state index in [1.54, 1.807) is 0 Å². The van der Waals surface area contributed by atoms with Crippen LogP contribution in [0.2, 0.25) is 0 Å². The van der Waals surface area contributed by atoms with E-state index in [2.05, 4.69) is 58.0 Å². The number of halogens is 1. The molecule has 0 aliphatic carbocycles. The lowest BCUT2D eigenvalue weighted by molar-refractivity contribution is 0.243. The fourth-order valence-corrected chi connectivity index (χ4v) is 2.86. The first-order valence-corrected chi connectivity index (χ1v) is 7.58. The predicted molar refractivity (Wildman–Crippen MR) is 85.5 cm³/mol. The van der Waals surface area contributed by atoms with E-state index >= 15 is 0 Å². The lowest BCUT2D eigenvalue weighted by atomic mass is 10.0. The van der Waals surface area contributed by atoms with Gasteiger partial charge in [-0.3, -0.25) is 4.90 Å². The van der Waals surface area contributed by atoms with Gasteiger partial charge in [-0.2, -0.15) is 0 Å². The molecule has 19 heavy (non-hydrogen) atoms. The Bertz CT molecular complexity index is 459. The third kappa shape index (κ3) is 3.75. The smallest absolute Gasteiger partial charge is 0.0598 e. The quantitative estimate of drug-likeness (QED) is 0.856. The second-order valence-electron chi connectivity index (χ2n) is 5.32. The van der Waals surface area contributed by atoms with E-state index in [4.69, 9.17) is 6.42 Å². The fourth-order valence-electron chi connectivity index (χ4n) is 2.63. The molecule has 1 fully saturated rings. The van der Waals surface area contributed by atoms with Crippen LogP contribution < -0.4 is 5.32 Å². The zero-order valence-electron chi connectivity index (χ0n) is 11.7. The summed E-state index contributed by atoms with van der Waals surface area (Å²) in [6.07, 6.45) is 7.68. The standard InChI is InChI=1S/C16H21BrN2/c1-4-7-19-8-5-14(6-9-19)18-15-10-12(2)16(17)13(3)11-15/h1,10-11,14,18H,5-9H2,2-3H3. The largest absolute Gasteiger partial charge is 0.382 e. The van der Waals surface area contributed by atoms with Gasteiger partial charge in [0.1, 0.15) is 0 Å². The minimum Gasteiger partial charge on any atom is -0.382 e. The van der Waals surface area contributed by atoms with Crippen molar-refractivity contribution in [1.82, 2.24) is 4.90 Å². The number of hydrogen-bond donors (Lipinski definition) is 1. The number of nitrogens with one attached hydrogen (secondary N) is 1. The molecule has 3 heteroatoms. The molecule has 1 aliphatic heterocycles. The summed E-state index contributed by atoms with van der Waals surface area (Å²) in [5, 5.41) is 3.65. The second kappa shape index (κ2) is 6.45. The van der Waals surface area contributed by atoms with E-state index in [1.807, 2.05) is 0 Å². The van der Waals surface area contributed by atoms with Crippen LogP contribution in [0.15, 0.2) is 16.6 Å². The number of benzene rings is 1.